The first-order valence-corrected chi connectivity index (χ1v) is 11.0. The van der Waals surface area contributed by atoms with Crippen LogP contribution in [-0.2, 0) is 21.2 Å². The number of phenols is 1. The van der Waals surface area contributed by atoms with Crippen LogP contribution >= 0.6 is 0 Å². The predicted molar refractivity (Wildman–Crippen MR) is 113 cm³/mol. The van der Waals surface area contributed by atoms with Crippen LogP contribution in [0.4, 0.5) is 0 Å². The van der Waals surface area contributed by atoms with Crippen LogP contribution < -0.4 is 11.0 Å². The van der Waals surface area contributed by atoms with Crippen LogP contribution in [0.2, 0.25) is 0 Å². The third-order valence-corrected chi connectivity index (χ3v) is 7.41. The van der Waals surface area contributed by atoms with E-state index in [4.69, 9.17) is 5.21 Å². The molecule has 0 bridgehead atoms. The number of amides is 1. The zero-order valence-corrected chi connectivity index (χ0v) is 17.3. The lowest BCUT2D eigenvalue weighted by Gasteiger charge is -2.25. The Morgan fingerprint density at radius 2 is 1.70 bits per heavy atom. The fraction of sp³-hybridized carbons (Fsp3) is 0.238. The number of fused-ring (bicyclic) bond motifs is 1. The minimum absolute atomic E-state index is 0.0207. The SMILES string of the molecule is CC(CCn1ccc(-c2ccc3cc(O)ccc3c2)cc1=O)(C(=O)NO)S(C)(=O)=O. The molecule has 0 radical (unpaired) electrons. The molecule has 0 aliphatic heterocycles. The number of nitrogens with zero attached hydrogens (tertiary/aromatic N) is 1. The Hall–Kier alpha value is -3.17. The van der Waals surface area contributed by atoms with Crippen molar-refractivity contribution in [1.29, 1.82) is 0 Å². The van der Waals surface area contributed by atoms with Gasteiger partial charge in [0.05, 0.1) is 0 Å². The number of phenolic OH excluding ortho intramolecular Hbond substituents is 1. The van der Waals surface area contributed by atoms with Crippen molar-refractivity contribution in [2.75, 3.05) is 6.26 Å². The first kappa shape index (κ1) is 21.5. The highest BCUT2D eigenvalue weighted by atomic mass is 32.2. The Morgan fingerprint density at radius 3 is 2.33 bits per heavy atom. The maximum absolute atomic E-state index is 12.6. The normalized spacial score (nSPS) is 13.7. The number of benzene rings is 2. The summed E-state index contributed by atoms with van der Waals surface area (Å²) >= 11 is 0. The third-order valence-electron chi connectivity index (χ3n) is 5.38. The van der Waals surface area contributed by atoms with E-state index in [1.54, 1.807) is 24.3 Å². The van der Waals surface area contributed by atoms with E-state index < -0.39 is 20.5 Å². The van der Waals surface area contributed by atoms with Gasteiger partial charge in [-0.3, -0.25) is 14.8 Å². The molecule has 0 aliphatic carbocycles. The van der Waals surface area contributed by atoms with Crippen molar-refractivity contribution in [3.05, 3.63) is 65.1 Å². The number of hydrogen-bond acceptors (Lipinski definition) is 6. The van der Waals surface area contributed by atoms with E-state index in [-0.39, 0.29) is 24.3 Å². The van der Waals surface area contributed by atoms with Gasteiger partial charge in [0, 0.05) is 25.1 Å². The first-order valence-electron chi connectivity index (χ1n) is 9.13. The third kappa shape index (κ3) is 4.07. The van der Waals surface area contributed by atoms with Crippen molar-refractivity contribution in [3.63, 3.8) is 0 Å². The van der Waals surface area contributed by atoms with E-state index in [0.29, 0.717) is 5.56 Å². The molecule has 3 N–H and O–H groups in total. The van der Waals surface area contributed by atoms with Gasteiger partial charge in [-0.25, -0.2) is 13.9 Å². The molecule has 0 spiro atoms. The topological polar surface area (TPSA) is 126 Å². The average molecular weight is 430 g/mol. The average Bonchev–Trinajstić information content (AvgIpc) is 2.70. The van der Waals surface area contributed by atoms with E-state index in [0.717, 1.165) is 22.6 Å². The predicted octanol–water partition coefficient (Wildman–Crippen LogP) is 2.07. The van der Waals surface area contributed by atoms with Crippen LogP contribution in [0.15, 0.2) is 59.5 Å². The number of pyridine rings is 1. The molecule has 1 aromatic heterocycles. The molecule has 0 fully saturated rings. The summed E-state index contributed by atoms with van der Waals surface area (Å²) < 4.78 is 23.5. The molecule has 0 saturated heterocycles. The molecule has 1 atom stereocenters. The summed E-state index contributed by atoms with van der Waals surface area (Å²) in [6, 6.07) is 13.8. The van der Waals surface area contributed by atoms with Gasteiger partial charge < -0.3 is 9.67 Å². The van der Waals surface area contributed by atoms with Crippen molar-refractivity contribution in [1.82, 2.24) is 10.0 Å². The van der Waals surface area contributed by atoms with Crippen LogP contribution in [0, 0.1) is 0 Å². The minimum atomic E-state index is -3.84. The van der Waals surface area contributed by atoms with Gasteiger partial charge in [0.25, 0.3) is 11.5 Å². The Kier molecular flexibility index (Phi) is 5.69. The molecule has 3 aromatic rings. The summed E-state index contributed by atoms with van der Waals surface area (Å²) in [5, 5.41) is 20.2. The van der Waals surface area contributed by atoms with E-state index in [1.165, 1.54) is 29.2 Å². The smallest absolute Gasteiger partial charge is 0.264 e. The van der Waals surface area contributed by atoms with Crippen molar-refractivity contribution in [2.24, 2.45) is 0 Å². The van der Waals surface area contributed by atoms with Crippen LogP contribution in [0.3, 0.4) is 0 Å². The van der Waals surface area contributed by atoms with E-state index in [1.807, 2.05) is 18.2 Å². The number of aryl methyl sites for hydroxylation is 1. The zero-order chi connectivity index (χ0) is 22.1. The molecule has 1 unspecified atom stereocenters. The van der Waals surface area contributed by atoms with Gasteiger partial charge in [0.2, 0.25) is 0 Å². The largest absolute Gasteiger partial charge is 0.508 e. The second kappa shape index (κ2) is 7.92. The summed E-state index contributed by atoms with van der Waals surface area (Å²) in [6.45, 7) is 1.19. The Bertz CT molecular complexity index is 1280. The van der Waals surface area contributed by atoms with E-state index >= 15 is 0 Å². The number of hydroxylamine groups is 1. The molecule has 3 rings (SSSR count). The van der Waals surface area contributed by atoms with Gasteiger partial charge in [-0.15, -0.1) is 0 Å². The summed E-state index contributed by atoms with van der Waals surface area (Å²) in [7, 11) is -3.84. The maximum Gasteiger partial charge on any atom is 0.264 e. The number of rotatable bonds is 6. The summed E-state index contributed by atoms with van der Waals surface area (Å²) in [6.07, 6.45) is 2.27. The van der Waals surface area contributed by atoms with Crippen molar-refractivity contribution in [3.8, 4) is 16.9 Å². The lowest BCUT2D eigenvalue weighted by atomic mass is 10.0. The molecule has 2 aromatic carbocycles. The number of carbonyl (C=O) groups excluding carboxylic acids is 1. The van der Waals surface area contributed by atoms with Crippen LogP contribution in [0.5, 0.6) is 5.75 Å². The number of aromatic nitrogens is 1. The molecule has 0 saturated carbocycles. The van der Waals surface area contributed by atoms with Gasteiger partial charge in [-0.2, -0.15) is 0 Å². The summed E-state index contributed by atoms with van der Waals surface area (Å²) in [5.41, 5.74) is 2.54. The van der Waals surface area contributed by atoms with E-state index in [2.05, 4.69) is 0 Å². The molecular formula is C21H22N2O6S. The number of aromatic hydroxyl groups is 1. The fourth-order valence-electron chi connectivity index (χ4n) is 3.20. The molecule has 8 nitrogen and oxygen atoms in total. The molecule has 30 heavy (non-hydrogen) atoms. The van der Waals surface area contributed by atoms with Crippen molar-refractivity contribution < 1.29 is 23.5 Å². The second-order valence-corrected chi connectivity index (χ2v) is 9.83. The Balaban J connectivity index is 1.88. The lowest BCUT2D eigenvalue weighted by molar-refractivity contribution is -0.131. The van der Waals surface area contributed by atoms with Gasteiger partial charge >= 0.3 is 0 Å². The minimum Gasteiger partial charge on any atom is -0.508 e. The number of sulfone groups is 1. The van der Waals surface area contributed by atoms with Crippen molar-refractivity contribution >= 4 is 26.5 Å². The van der Waals surface area contributed by atoms with Crippen molar-refractivity contribution in [2.45, 2.75) is 24.6 Å². The first-order chi connectivity index (χ1) is 14.0. The molecule has 158 valence electrons. The van der Waals surface area contributed by atoms with E-state index in [9.17, 15) is 23.1 Å². The molecule has 1 heterocycles. The quantitative estimate of drug-likeness (QED) is 0.406. The number of carbonyl (C=O) groups is 1. The molecule has 0 aliphatic rings. The molecule has 1 amide bonds. The second-order valence-electron chi connectivity index (χ2n) is 7.39. The van der Waals surface area contributed by atoms with Crippen LogP contribution in [0.25, 0.3) is 21.9 Å². The lowest BCUT2D eigenvalue weighted by Crippen LogP contribution is -2.49. The zero-order valence-electron chi connectivity index (χ0n) is 16.5. The maximum atomic E-state index is 12.6. The summed E-state index contributed by atoms with van der Waals surface area (Å²) in [5.74, 6) is -0.870. The number of nitrogens with one attached hydrogen (secondary N) is 1. The molecule has 9 heteroatoms. The Morgan fingerprint density at radius 1 is 1.07 bits per heavy atom. The molecular weight excluding hydrogens is 408 g/mol. The van der Waals surface area contributed by atoms with Gasteiger partial charge in [-0.05, 0) is 59.5 Å². The highest BCUT2D eigenvalue weighted by Gasteiger charge is 2.43. The number of hydrogen-bond donors (Lipinski definition) is 3. The summed E-state index contributed by atoms with van der Waals surface area (Å²) in [4.78, 5) is 24.5. The van der Waals surface area contributed by atoms with Crippen LogP contribution in [0.1, 0.15) is 13.3 Å². The van der Waals surface area contributed by atoms with Gasteiger partial charge in [0.1, 0.15) is 5.75 Å². The highest BCUT2D eigenvalue weighted by molar-refractivity contribution is 7.92. The monoisotopic (exact) mass is 430 g/mol. The standard InChI is InChI=1S/C21H22N2O6S/c1-21(20(26)22-27,30(2,28)29)8-10-23-9-7-17(13-19(23)25)14-3-4-16-12-18(24)6-5-15(16)11-14/h3-7,9,11-13,24,27H,8,10H2,1-2H3,(H,22,26). The van der Waals surface area contributed by atoms with Gasteiger partial charge in [0.15, 0.2) is 14.6 Å². The van der Waals surface area contributed by atoms with Crippen LogP contribution in [-0.4, -0.2) is 40.2 Å². The fourth-order valence-corrected chi connectivity index (χ4v) is 4.05. The Labute approximate surface area is 173 Å². The van der Waals surface area contributed by atoms with Gasteiger partial charge in [-0.1, -0.05) is 18.2 Å². The highest BCUT2D eigenvalue weighted by Crippen LogP contribution is 2.26.